The van der Waals surface area contributed by atoms with Crippen LogP contribution in [-0.2, 0) is 20.7 Å². The van der Waals surface area contributed by atoms with Gasteiger partial charge in [0, 0.05) is 11.5 Å². The Balaban J connectivity index is 2.47. The van der Waals surface area contributed by atoms with Gasteiger partial charge in [0.05, 0.1) is 6.42 Å². The Bertz CT molecular complexity index is 502. The molecule has 1 aromatic carbocycles. The third-order valence-corrected chi connectivity index (χ3v) is 2.93. The zero-order chi connectivity index (χ0) is 15.1. The Labute approximate surface area is 125 Å². The lowest BCUT2D eigenvalue weighted by molar-refractivity contribution is -0.153. The van der Waals surface area contributed by atoms with Gasteiger partial charge in [0.2, 0.25) is 0 Å². The fraction of sp³-hybridized carbons (Fsp3) is 0.308. The van der Waals surface area contributed by atoms with Crippen LogP contribution in [0.25, 0.3) is 0 Å². The van der Waals surface area contributed by atoms with E-state index in [1.807, 2.05) is 17.4 Å². The monoisotopic (exact) mass is 342 g/mol. The molecule has 6 nitrogen and oxygen atoms in total. The van der Waals surface area contributed by atoms with Gasteiger partial charge in [-0.25, -0.2) is 4.79 Å². The molecule has 20 heavy (non-hydrogen) atoms. The van der Waals surface area contributed by atoms with Gasteiger partial charge in [-0.05, 0) is 24.6 Å². The van der Waals surface area contributed by atoms with Gasteiger partial charge in [0.15, 0.2) is 6.10 Å². The molecular weight excluding hydrogens is 328 g/mol. The molecule has 0 aliphatic rings. The molecule has 0 fully saturated rings. The number of carbonyl (C=O) groups is 3. The Morgan fingerprint density at radius 2 is 1.85 bits per heavy atom. The van der Waals surface area contributed by atoms with E-state index < -0.39 is 24.0 Å². The Hall–Kier alpha value is -1.89. The largest absolute Gasteiger partial charge is 0.452 e. The van der Waals surface area contributed by atoms with Crippen LogP contribution in [0.3, 0.4) is 0 Å². The smallest absolute Gasteiger partial charge is 0.321 e. The summed E-state index contributed by atoms with van der Waals surface area (Å²) in [5, 5.41) is 4.27. The number of nitrogens with one attached hydrogen (secondary N) is 2. The first kappa shape index (κ1) is 16.2. The van der Waals surface area contributed by atoms with Gasteiger partial charge < -0.3 is 10.1 Å². The molecule has 1 atom stereocenters. The molecule has 1 rings (SSSR count). The molecule has 0 radical (unpaired) electrons. The highest BCUT2D eigenvalue weighted by Gasteiger charge is 2.19. The molecule has 0 heterocycles. The van der Waals surface area contributed by atoms with E-state index in [2.05, 4.69) is 21.2 Å². The minimum absolute atomic E-state index is 0.0604. The standard InChI is InChI=1S/C13H15BrN2O4/c1-8(12(18)16-13(19)15-2)20-11(17)7-9-3-5-10(14)6-4-9/h3-6,8H,7H2,1-2H3,(H2,15,16,18,19)/t8-/m1/s1. The predicted molar refractivity (Wildman–Crippen MR) is 76.0 cm³/mol. The van der Waals surface area contributed by atoms with Crippen LogP contribution in [0.4, 0.5) is 4.79 Å². The number of imide groups is 1. The van der Waals surface area contributed by atoms with Crippen LogP contribution in [0.1, 0.15) is 12.5 Å². The number of ether oxygens (including phenoxy) is 1. The van der Waals surface area contributed by atoms with E-state index >= 15 is 0 Å². The average molecular weight is 343 g/mol. The van der Waals surface area contributed by atoms with E-state index in [4.69, 9.17) is 4.74 Å². The van der Waals surface area contributed by atoms with Crippen molar-refractivity contribution in [1.29, 1.82) is 0 Å². The van der Waals surface area contributed by atoms with Crippen molar-refractivity contribution in [3.8, 4) is 0 Å². The second-order valence-electron chi connectivity index (χ2n) is 4.00. The Morgan fingerprint density at radius 3 is 2.40 bits per heavy atom. The summed E-state index contributed by atoms with van der Waals surface area (Å²) in [7, 11) is 1.38. The summed E-state index contributed by atoms with van der Waals surface area (Å²) in [6, 6.07) is 6.53. The topological polar surface area (TPSA) is 84.5 Å². The molecule has 7 heteroatoms. The van der Waals surface area contributed by atoms with E-state index in [9.17, 15) is 14.4 Å². The van der Waals surface area contributed by atoms with E-state index in [1.54, 1.807) is 12.1 Å². The van der Waals surface area contributed by atoms with Gasteiger partial charge in [-0.15, -0.1) is 0 Å². The number of rotatable bonds is 4. The van der Waals surface area contributed by atoms with E-state index in [-0.39, 0.29) is 6.42 Å². The van der Waals surface area contributed by atoms with Crippen LogP contribution in [0.2, 0.25) is 0 Å². The predicted octanol–water partition coefficient (Wildman–Crippen LogP) is 1.38. The molecule has 1 aromatic rings. The molecule has 0 spiro atoms. The maximum absolute atomic E-state index is 11.7. The molecule has 0 bridgehead atoms. The van der Waals surface area contributed by atoms with Crippen LogP contribution < -0.4 is 10.6 Å². The van der Waals surface area contributed by atoms with E-state index in [0.717, 1.165) is 10.0 Å². The maximum Gasteiger partial charge on any atom is 0.321 e. The lowest BCUT2D eigenvalue weighted by Gasteiger charge is -2.12. The number of carbonyl (C=O) groups excluding carboxylic acids is 3. The first-order valence-electron chi connectivity index (χ1n) is 5.89. The number of halogens is 1. The van der Waals surface area contributed by atoms with Crippen molar-refractivity contribution in [3.05, 3.63) is 34.3 Å². The van der Waals surface area contributed by atoms with Gasteiger partial charge in [0.1, 0.15) is 0 Å². The van der Waals surface area contributed by atoms with Gasteiger partial charge in [0.25, 0.3) is 5.91 Å². The maximum atomic E-state index is 11.7. The summed E-state index contributed by atoms with van der Waals surface area (Å²) < 4.78 is 5.86. The quantitative estimate of drug-likeness (QED) is 0.809. The van der Waals surface area contributed by atoms with Crippen molar-refractivity contribution in [3.63, 3.8) is 0 Å². The number of urea groups is 1. The minimum Gasteiger partial charge on any atom is -0.452 e. The summed E-state index contributed by atoms with van der Waals surface area (Å²) in [6.07, 6.45) is -0.972. The third-order valence-electron chi connectivity index (χ3n) is 2.40. The zero-order valence-electron chi connectivity index (χ0n) is 11.1. The molecular formula is C13H15BrN2O4. The highest BCUT2D eigenvalue weighted by Crippen LogP contribution is 2.11. The molecule has 0 aromatic heterocycles. The van der Waals surface area contributed by atoms with Crippen molar-refractivity contribution in [2.24, 2.45) is 0 Å². The lowest BCUT2D eigenvalue weighted by atomic mass is 10.1. The van der Waals surface area contributed by atoms with Crippen LogP contribution in [0, 0.1) is 0 Å². The third kappa shape index (κ3) is 5.40. The second-order valence-corrected chi connectivity index (χ2v) is 4.92. The van der Waals surface area contributed by atoms with Crippen molar-refractivity contribution >= 4 is 33.8 Å². The van der Waals surface area contributed by atoms with Crippen molar-refractivity contribution in [2.75, 3.05) is 7.05 Å². The summed E-state index contributed by atoms with van der Waals surface area (Å²) in [6.45, 7) is 1.40. The molecule has 3 amide bonds. The summed E-state index contributed by atoms with van der Waals surface area (Å²) in [4.78, 5) is 34.1. The lowest BCUT2D eigenvalue weighted by Crippen LogP contribution is -2.43. The number of hydrogen-bond donors (Lipinski definition) is 2. The van der Waals surface area contributed by atoms with Crippen LogP contribution in [-0.4, -0.2) is 31.1 Å². The Morgan fingerprint density at radius 1 is 1.25 bits per heavy atom. The summed E-state index contributed by atoms with van der Waals surface area (Å²) >= 11 is 3.29. The normalized spacial score (nSPS) is 11.3. The van der Waals surface area contributed by atoms with Gasteiger partial charge in [-0.1, -0.05) is 28.1 Å². The molecule has 2 N–H and O–H groups in total. The molecule has 0 saturated carbocycles. The first-order chi connectivity index (χ1) is 9.42. The highest BCUT2D eigenvalue weighted by atomic mass is 79.9. The van der Waals surface area contributed by atoms with Gasteiger partial charge >= 0.3 is 12.0 Å². The van der Waals surface area contributed by atoms with Gasteiger partial charge in [-0.3, -0.25) is 14.9 Å². The average Bonchev–Trinajstić information content (AvgIpc) is 2.41. The fourth-order valence-corrected chi connectivity index (χ4v) is 1.60. The number of benzene rings is 1. The second kappa shape index (κ2) is 7.64. The van der Waals surface area contributed by atoms with Crippen molar-refractivity contribution in [1.82, 2.24) is 10.6 Å². The molecule has 0 saturated heterocycles. The first-order valence-corrected chi connectivity index (χ1v) is 6.68. The Kier molecular flexibility index (Phi) is 6.17. The van der Waals surface area contributed by atoms with Crippen LogP contribution in [0.5, 0.6) is 0 Å². The van der Waals surface area contributed by atoms with Crippen molar-refractivity contribution < 1.29 is 19.1 Å². The number of esters is 1. The SMILES string of the molecule is CNC(=O)NC(=O)[C@@H](C)OC(=O)Cc1ccc(Br)cc1. The van der Waals surface area contributed by atoms with Gasteiger partial charge in [-0.2, -0.15) is 0 Å². The van der Waals surface area contributed by atoms with Crippen molar-refractivity contribution in [2.45, 2.75) is 19.4 Å². The zero-order valence-corrected chi connectivity index (χ0v) is 12.7. The molecule has 0 aliphatic heterocycles. The van der Waals surface area contributed by atoms with Crippen LogP contribution in [0.15, 0.2) is 28.7 Å². The highest BCUT2D eigenvalue weighted by molar-refractivity contribution is 9.10. The summed E-state index contributed by atoms with van der Waals surface area (Å²) in [5.41, 5.74) is 0.775. The fourth-order valence-electron chi connectivity index (χ4n) is 1.34. The van der Waals surface area contributed by atoms with Crippen LogP contribution >= 0.6 is 15.9 Å². The summed E-state index contributed by atoms with van der Waals surface area (Å²) in [5.74, 6) is -1.21. The number of hydrogen-bond acceptors (Lipinski definition) is 4. The van der Waals surface area contributed by atoms with E-state index in [1.165, 1.54) is 14.0 Å². The number of amides is 3. The molecule has 0 unspecified atom stereocenters. The molecule has 0 aliphatic carbocycles. The molecule has 108 valence electrons. The minimum atomic E-state index is -1.03. The van der Waals surface area contributed by atoms with E-state index in [0.29, 0.717) is 0 Å².